The van der Waals surface area contributed by atoms with Crippen LogP contribution in [0.15, 0.2) is 42.7 Å². The molecule has 0 saturated carbocycles. The van der Waals surface area contributed by atoms with Gasteiger partial charge in [0.2, 0.25) is 0 Å². The first kappa shape index (κ1) is 12.1. The van der Waals surface area contributed by atoms with Crippen LogP contribution in [-0.4, -0.2) is 12.0 Å². The second-order valence-corrected chi connectivity index (χ2v) is 4.32. The maximum Gasteiger partial charge on any atom is 0.0994 e. The molecule has 1 aromatic carbocycles. The monoisotopic (exact) mass is 237 g/mol. The van der Waals surface area contributed by atoms with E-state index >= 15 is 0 Å². The number of hydrogen-bond acceptors (Lipinski definition) is 3. The lowest BCUT2D eigenvalue weighted by Crippen LogP contribution is -2.16. The quantitative estimate of drug-likeness (QED) is 0.824. The zero-order valence-electron chi connectivity index (χ0n) is 10.6. The van der Waals surface area contributed by atoms with Crippen molar-refractivity contribution in [3.8, 4) is 6.07 Å². The summed E-state index contributed by atoms with van der Waals surface area (Å²) in [5.74, 6) is 0. The number of nitrogens with zero attached hydrogens (tertiary/aromatic N) is 3. The highest BCUT2D eigenvalue weighted by Crippen LogP contribution is 2.19. The Labute approximate surface area is 107 Å². The summed E-state index contributed by atoms with van der Waals surface area (Å²) in [7, 11) is 2.04. The Morgan fingerprint density at radius 2 is 1.94 bits per heavy atom. The highest BCUT2D eigenvalue weighted by Gasteiger charge is 2.04. The van der Waals surface area contributed by atoms with Crippen LogP contribution in [0.4, 0.5) is 5.69 Å². The van der Waals surface area contributed by atoms with E-state index in [0.29, 0.717) is 0 Å². The van der Waals surface area contributed by atoms with Crippen molar-refractivity contribution in [3.63, 3.8) is 0 Å². The minimum Gasteiger partial charge on any atom is -0.370 e. The van der Waals surface area contributed by atoms with Crippen molar-refractivity contribution in [1.82, 2.24) is 4.98 Å². The van der Waals surface area contributed by atoms with Gasteiger partial charge in [-0.1, -0.05) is 0 Å². The SMILES string of the molecule is Cc1cc(N(C)Cc2ccncc2)ccc1C#N. The molecule has 3 nitrogen and oxygen atoms in total. The molecule has 0 amide bonds. The summed E-state index contributed by atoms with van der Waals surface area (Å²) in [6.45, 7) is 2.79. The van der Waals surface area contributed by atoms with E-state index in [0.717, 1.165) is 23.4 Å². The molecule has 0 unspecified atom stereocenters. The van der Waals surface area contributed by atoms with Crippen molar-refractivity contribution in [2.75, 3.05) is 11.9 Å². The first-order valence-corrected chi connectivity index (χ1v) is 5.81. The Morgan fingerprint density at radius 3 is 2.56 bits per heavy atom. The Bertz CT molecular complexity index is 570. The third-order valence-electron chi connectivity index (χ3n) is 2.94. The largest absolute Gasteiger partial charge is 0.370 e. The van der Waals surface area contributed by atoms with Gasteiger partial charge in [0.25, 0.3) is 0 Å². The zero-order valence-corrected chi connectivity index (χ0v) is 10.6. The van der Waals surface area contributed by atoms with E-state index < -0.39 is 0 Å². The summed E-state index contributed by atoms with van der Waals surface area (Å²) in [4.78, 5) is 6.16. The molecule has 0 aliphatic carbocycles. The molecule has 1 heterocycles. The van der Waals surface area contributed by atoms with E-state index in [-0.39, 0.29) is 0 Å². The number of aromatic nitrogens is 1. The second-order valence-electron chi connectivity index (χ2n) is 4.32. The highest BCUT2D eigenvalue weighted by molar-refractivity contribution is 5.53. The molecule has 2 aromatic rings. The van der Waals surface area contributed by atoms with Crippen molar-refractivity contribution in [1.29, 1.82) is 5.26 Å². The molecule has 0 aliphatic rings. The summed E-state index contributed by atoms with van der Waals surface area (Å²) in [6, 6.07) is 12.1. The minimum absolute atomic E-state index is 0.732. The average molecular weight is 237 g/mol. The van der Waals surface area contributed by atoms with Crippen molar-refractivity contribution < 1.29 is 0 Å². The van der Waals surface area contributed by atoms with Crippen molar-refractivity contribution >= 4 is 5.69 Å². The van der Waals surface area contributed by atoms with Crippen molar-refractivity contribution in [2.45, 2.75) is 13.5 Å². The lowest BCUT2D eigenvalue weighted by atomic mass is 10.1. The topological polar surface area (TPSA) is 39.9 Å². The maximum absolute atomic E-state index is 8.91. The average Bonchev–Trinajstić information content (AvgIpc) is 2.39. The van der Waals surface area contributed by atoms with Crippen LogP contribution in [-0.2, 0) is 6.54 Å². The summed E-state index contributed by atoms with van der Waals surface area (Å²) in [5, 5.41) is 8.91. The molecule has 0 aliphatic heterocycles. The van der Waals surface area contributed by atoms with E-state index in [1.165, 1.54) is 5.56 Å². The third-order valence-corrected chi connectivity index (χ3v) is 2.94. The fourth-order valence-electron chi connectivity index (χ4n) is 1.86. The molecule has 3 heteroatoms. The van der Waals surface area contributed by atoms with Gasteiger partial charge in [0.05, 0.1) is 11.6 Å². The van der Waals surface area contributed by atoms with Gasteiger partial charge in [-0.05, 0) is 48.4 Å². The number of pyridine rings is 1. The smallest absolute Gasteiger partial charge is 0.0994 e. The number of hydrogen-bond donors (Lipinski definition) is 0. The van der Waals surface area contributed by atoms with Gasteiger partial charge in [-0.3, -0.25) is 4.98 Å². The van der Waals surface area contributed by atoms with Crippen LogP contribution in [0.2, 0.25) is 0 Å². The third kappa shape index (κ3) is 2.67. The van der Waals surface area contributed by atoms with Gasteiger partial charge >= 0.3 is 0 Å². The second kappa shape index (κ2) is 5.33. The molecular weight excluding hydrogens is 222 g/mol. The molecule has 18 heavy (non-hydrogen) atoms. The van der Waals surface area contributed by atoms with E-state index in [4.69, 9.17) is 5.26 Å². The van der Waals surface area contributed by atoms with Crippen LogP contribution >= 0.6 is 0 Å². The molecule has 90 valence electrons. The maximum atomic E-state index is 8.91. The van der Waals surface area contributed by atoms with Crippen molar-refractivity contribution in [3.05, 3.63) is 59.4 Å². The standard InChI is InChI=1S/C15H15N3/c1-12-9-15(4-3-14(12)10-16)18(2)11-13-5-7-17-8-6-13/h3-9H,11H2,1-2H3. The van der Waals surface area contributed by atoms with Gasteiger partial charge in [0.15, 0.2) is 0 Å². The van der Waals surface area contributed by atoms with Crippen LogP contribution < -0.4 is 4.90 Å². The lowest BCUT2D eigenvalue weighted by Gasteiger charge is -2.20. The predicted octanol–water partition coefficient (Wildman–Crippen LogP) is 2.90. The zero-order chi connectivity index (χ0) is 13.0. The van der Waals surface area contributed by atoms with Gasteiger partial charge in [-0.15, -0.1) is 0 Å². The van der Waals surface area contributed by atoms with E-state index in [2.05, 4.69) is 16.0 Å². The molecule has 2 rings (SSSR count). The molecule has 0 radical (unpaired) electrons. The molecular formula is C15H15N3. The Kier molecular flexibility index (Phi) is 3.59. The van der Waals surface area contributed by atoms with Gasteiger partial charge in [-0.2, -0.15) is 5.26 Å². The van der Waals surface area contributed by atoms with Crippen LogP contribution in [0.5, 0.6) is 0 Å². The first-order chi connectivity index (χ1) is 8.70. The first-order valence-electron chi connectivity index (χ1n) is 5.81. The normalized spacial score (nSPS) is 9.83. The molecule has 0 N–H and O–H groups in total. The lowest BCUT2D eigenvalue weighted by molar-refractivity contribution is 0.918. The minimum atomic E-state index is 0.732. The van der Waals surface area contributed by atoms with Crippen molar-refractivity contribution in [2.24, 2.45) is 0 Å². The number of benzene rings is 1. The van der Waals surface area contributed by atoms with Gasteiger partial charge in [-0.25, -0.2) is 0 Å². The molecule has 0 atom stereocenters. The fraction of sp³-hybridized carbons (Fsp3) is 0.200. The Morgan fingerprint density at radius 1 is 1.22 bits per heavy atom. The number of nitriles is 1. The predicted molar refractivity (Wildman–Crippen MR) is 72.2 cm³/mol. The summed E-state index contributed by atoms with van der Waals surface area (Å²) in [5.41, 5.74) is 4.07. The van der Waals surface area contributed by atoms with Crippen LogP contribution in [0, 0.1) is 18.3 Å². The fourth-order valence-corrected chi connectivity index (χ4v) is 1.86. The van der Waals surface area contributed by atoms with E-state index in [1.807, 2.05) is 44.3 Å². The molecule has 0 saturated heterocycles. The van der Waals surface area contributed by atoms with Gasteiger partial charge in [0, 0.05) is 31.7 Å². The van der Waals surface area contributed by atoms with Crippen LogP contribution in [0.25, 0.3) is 0 Å². The van der Waals surface area contributed by atoms with Crippen LogP contribution in [0.1, 0.15) is 16.7 Å². The van der Waals surface area contributed by atoms with E-state index in [9.17, 15) is 0 Å². The molecule has 0 bridgehead atoms. The molecule has 0 spiro atoms. The van der Waals surface area contributed by atoms with Gasteiger partial charge < -0.3 is 4.90 Å². The summed E-state index contributed by atoms with van der Waals surface area (Å²) >= 11 is 0. The van der Waals surface area contributed by atoms with Gasteiger partial charge in [0.1, 0.15) is 0 Å². The highest BCUT2D eigenvalue weighted by atomic mass is 15.1. The molecule has 1 aromatic heterocycles. The summed E-state index contributed by atoms with van der Waals surface area (Å²) < 4.78 is 0. The number of aryl methyl sites for hydroxylation is 1. The Hall–Kier alpha value is -2.34. The van der Waals surface area contributed by atoms with E-state index in [1.54, 1.807) is 12.4 Å². The summed E-state index contributed by atoms with van der Waals surface area (Å²) in [6.07, 6.45) is 3.60. The van der Waals surface area contributed by atoms with Crippen LogP contribution in [0.3, 0.4) is 0 Å². The number of anilines is 1. The Balaban J connectivity index is 2.17. The number of rotatable bonds is 3. The molecule has 0 fully saturated rings.